The summed E-state index contributed by atoms with van der Waals surface area (Å²) in [6.07, 6.45) is 5.12. The molecule has 2 heterocycles. The molecule has 10 heteroatoms. The van der Waals surface area contributed by atoms with Gasteiger partial charge in [0.25, 0.3) is 0 Å². The molecule has 0 spiro atoms. The van der Waals surface area contributed by atoms with Gasteiger partial charge in [-0.3, -0.25) is 9.59 Å². The van der Waals surface area contributed by atoms with Gasteiger partial charge in [0, 0.05) is 36.0 Å². The molecular weight excluding hydrogens is 550 g/mol. The Morgan fingerprint density at radius 3 is 2.53 bits per heavy atom. The van der Waals surface area contributed by atoms with Crippen molar-refractivity contribution in [2.45, 2.75) is 58.4 Å². The number of furan rings is 1. The summed E-state index contributed by atoms with van der Waals surface area (Å²) in [6.45, 7) is 2.65. The number of hydrogen-bond acceptors (Lipinski definition) is 6. The summed E-state index contributed by atoms with van der Waals surface area (Å²) in [6, 6.07) is 13.6. The van der Waals surface area contributed by atoms with Crippen molar-refractivity contribution in [3.63, 3.8) is 0 Å². The molecule has 1 fully saturated rings. The lowest BCUT2D eigenvalue weighted by atomic mass is 9.85. The molecule has 2 N–H and O–H groups in total. The first-order valence-electron chi connectivity index (χ1n) is 13.0. The van der Waals surface area contributed by atoms with E-state index in [0.29, 0.717) is 37.4 Å². The zero-order valence-corrected chi connectivity index (χ0v) is 22.8. The number of tetrazole rings is 1. The number of halogens is 1. The van der Waals surface area contributed by atoms with E-state index in [1.165, 1.54) is 0 Å². The molecule has 1 saturated carbocycles. The molecule has 1 aliphatic carbocycles. The van der Waals surface area contributed by atoms with Gasteiger partial charge >= 0.3 is 5.97 Å². The minimum Gasteiger partial charge on any atom is -0.481 e. The van der Waals surface area contributed by atoms with Crippen molar-refractivity contribution in [1.82, 2.24) is 25.5 Å². The van der Waals surface area contributed by atoms with Crippen LogP contribution in [0.25, 0.3) is 33.7 Å². The van der Waals surface area contributed by atoms with Gasteiger partial charge in [0.2, 0.25) is 11.7 Å². The minimum atomic E-state index is -0.858. The Morgan fingerprint density at radius 1 is 1.13 bits per heavy atom. The average molecular weight is 580 g/mol. The molecule has 0 unspecified atom stereocenters. The number of aromatic amines is 1. The minimum absolute atomic E-state index is 0.00751. The molecule has 1 aliphatic rings. The summed E-state index contributed by atoms with van der Waals surface area (Å²) >= 11 is 3.72. The highest BCUT2D eigenvalue weighted by atomic mass is 79.9. The third-order valence-corrected chi connectivity index (χ3v) is 8.21. The Morgan fingerprint density at radius 2 is 1.87 bits per heavy atom. The van der Waals surface area contributed by atoms with Crippen LogP contribution in [-0.4, -0.2) is 49.1 Å². The highest BCUT2D eigenvalue weighted by Crippen LogP contribution is 2.41. The first-order valence-corrected chi connectivity index (χ1v) is 13.8. The molecule has 0 aliphatic heterocycles. The number of fused-ring (bicyclic) bond motifs is 1. The molecular formula is C28H30BrN5O4. The largest absolute Gasteiger partial charge is 0.481 e. The van der Waals surface area contributed by atoms with Gasteiger partial charge in [-0.1, -0.05) is 56.5 Å². The van der Waals surface area contributed by atoms with Crippen LogP contribution in [0.5, 0.6) is 0 Å². The van der Waals surface area contributed by atoms with E-state index in [1.54, 1.807) is 4.90 Å². The fourth-order valence-electron chi connectivity index (χ4n) is 5.25. The van der Waals surface area contributed by atoms with Crippen molar-refractivity contribution in [2.75, 3.05) is 6.54 Å². The van der Waals surface area contributed by atoms with Crippen LogP contribution in [0.15, 0.2) is 51.4 Å². The molecule has 0 saturated heterocycles. The Labute approximate surface area is 228 Å². The number of nitrogens with one attached hydrogen (secondary N) is 1. The fourth-order valence-corrected chi connectivity index (χ4v) is 5.87. The summed E-state index contributed by atoms with van der Waals surface area (Å²) < 4.78 is 7.00. The molecule has 2 aromatic carbocycles. The second kappa shape index (κ2) is 11.1. The Balaban J connectivity index is 1.41. The van der Waals surface area contributed by atoms with Gasteiger partial charge in [0.05, 0.1) is 9.89 Å². The molecule has 5 rings (SSSR count). The lowest BCUT2D eigenvalue weighted by Gasteiger charge is -2.32. The third-order valence-electron chi connectivity index (χ3n) is 7.42. The number of carboxylic acids is 1. The van der Waals surface area contributed by atoms with E-state index in [0.717, 1.165) is 57.8 Å². The maximum Gasteiger partial charge on any atom is 0.311 e. The van der Waals surface area contributed by atoms with Crippen molar-refractivity contribution in [1.29, 1.82) is 0 Å². The Hall–Kier alpha value is -3.53. The number of carboxylic acid groups (broad SMARTS) is 1. The fraction of sp³-hybridized carbons (Fsp3) is 0.393. The number of unbranched alkanes of at least 4 members (excludes halogenated alkanes) is 1. The summed E-state index contributed by atoms with van der Waals surface area (Å²) in [5.41, 5.74) is 2.53. The molecule has 0 radical (unpaired) electrons. The number of hydrogen-bond donors (Lipinski definition) is 2. The van der Waals surface area contributed by atoms with E-state index in [9.17, 15) is 14.7 Å². The highest BCUT2D eigenvalue weighted by Gasteiger charge is 2.43. The van der Waals surface area contributed by atoms with E-state index in [4.69, 9.17) is 4.42 Å². The first-order chi connectivity index (χ1) is 18.4. The second-order valence-corrected chi connectivity index (χ2v) is 10.8. The molecule has 0 bridgehead atoms. The molecule has 2 aromatic heterocycles. The van der Waals surface area contributed by atoms with Gasteiger partial charge in [-0.05, 0) is 58.1 Å². The van der Waals surface area contributed by atoms with Gasteiger partial charge in [0.15, 0.2) is 0 Å². The monoisotopic (exact) mass is 579 g/mol. The van der Waals surface area contributed by atoms with E-state index in [-0.39, 0.29) is 12.5 Å². The zero-order valence-electron chi connectivity index (χ0n) is 21.2. The van der Waals surface area contributed by atoms with E-state index in [2.05, 4.69) is 36.6 Å². The predicted octanol–water partition coefficient (Wildman–Crippen LogP) is 6.21. The van der Waals surface area contributed by atoms with Crippen LogP contribution in [-0.2, 0) is 16.1 Å². The number of benzene rings is 2. The number of rotatable bonds is 10. The maximum absolute atomic E-state index is 13.2. The number of carbonyl (C=O) groups excluding carboxylic acids is 1. The molecule has 9 nitrogen and oxygen atoms in total. The number of H-pyrrole nitrogens is 1. The predicted molar refractivity (Wildman–Crippen MR) is 146 cm³/mol. The van der Waals surface area contributed by atoms with Crippen molar-refractivity contribution in [3.8, 4) is 22.7 Å². The van der Waals surface area contributed by atoms with Gasteiger partial charge in [-0.25, -0.2) is 0 Å². The van der Waals surface area contributed by atoms with Gasteiger partial charge in [0.1, 0.15) is 11.3 Å². The van der Waals surface area contributed by atoms with Crippen LogP contribution in [0.1, 0.15) is 57.4 Å². The third kappa shape index (κ3) is 5.22. The number of aromatic nitrogens is 4. The normalized spacial score (nSPS) is 14.7. The summed E-state index contributed by atoms with van der Waals surface area (Å²) in [5, 5.41) is 25.0. The Kier molecular flexibility index (Phi) is 7.60. The van der Waals surface area contributed by atoms with Crippen molar-refractivity contribution in [3.05, 3.63) is 52.5 Å². The van der Waals surface area contributed by atoms with Gasteiger partial charge in [-0.2, -0.15) is 5.21 Å². The topological polar surface area (TPSA) is 125 Å². The van der Waals surface area contributed by atoms with Crippen LogP contribution in [0.4, 0.5) is 0 Å². The molecule has 38 heavy (non-hydrogen) atoms. The first kappa shape index (κ1) is 26.1. The molecule has 4 aromatic rings. The summed E-state index contributed by atoms with van der Waals surface area (Å²) in [7, 11) is 0. The molecule has 0 atom stereocenters. The highest BCUT2D eigenvalue weighted by molar-refractivity contribution is 9.10. The Bertz CT molecular complexity index is 1430. The average Bonchev–Trinajstić information content (AvgIpc) is 3.69. The van der Waals surface area contributed by atoms with E-state index >= 15 is 0 Å². The standard InChI is InChI=1S/C28H30BrN5O4/c1-2-3-6-23(35)34(17-28(27(36)37)13-4-5-14-28)16-18-7-12-22-21(15-18)24(29)25(38-22)19-8-10-20(11-9-19)26-30-32-33-31-26/h7-12,15H,2-6,13-14,16-17H2,1H3,(H,36,37)(H,30,31,32,33). The van der Waals surface area contributed by atoms with Gasteiger partial charge < -0.3 is 14.4 Å². The SMILES string of the molecule is CCCCC(=O)N(Cc1ccc2oc(-c3ccc(-c4nn[nH]n4)cc3)c(Br)c2c1)CC1(C(=O)O)CCCC1. The number of nitrogens with zero attached hydrogens (tertiary/aromatic N) is 4. The lowest BCUT2D eigenvalue weighted by molar-refractivity contribution is -0.151. The van der Waals surface area contributed by atoms with Crippen LogP contribution >= 0.6 is 15.9 Å². The van der Waals surface area contributed by atoms with Crippen LogP contribution in [0.2, 0.25) is 0 Å². The lowest BCUT2D eigenvalue weighted by Crippen LogP contribution is -2.43. The van der Waals surface area contributed by atoms with Crippen LogP contribution < -0.4 is 0 Å². The van der Waals surface area contributed by atoms with Crippen molar-refractivity contribution in [2.24, 2.45) is 5.41 Å². The van der Waals surface area contributed by atoms with E-state index in [1.807, 2.05) is 49.4 Å². The van der Waals surface area contributed by atoms with Crippen LogP contribution in [0.3, 0.4) is 0 Å². The number of amides is 1. The zero-order chi connectivity index (χ0) is 26.7. The van der Waals surface area contributed by atoms with Gasteiger partial charge in [-0.15, -0.1) is 10.2 Å². The molecule has 198 valence electrons. The summed E-state index contributed by atoms with van der Waals surface area (Å²) in [5.74, 6) is 0.424. The van der Waals surface area contributed by atoms with Crippen LogP contribution in [0, 0.1) is 5.41 Å². The van der Waals surface area contributed by atoms with Crippen molar-refractivity contribution >= 4 is 38.8 Å². The smallest absolute Gasteiger partial charge is 0.311 e. The number of carbonyl (C=O) groups is 2. The maximum atomic E-state index is 13.2. The number of aliphatic carboxylic acids is 1. The molecule has 1 amide bonds. The van der Waals surface area contributed by atoms with E-state index < -0.39 is 11.4 Å². The summed E-state index contributed by atoms with van der Waals surface area (Å²) in [4.78, 5) is 27.2. The second-order valence-electron chi connectivity index (χ2n) is 10.0. The quantitative estimate of drug-likeness (QED) is 0.229. The van der Waals surface area contributed by atoms with Crippen molar-refractivity contribution < 1.29 is 19.1 Å².